The maximum absolute atomic E-state index is 13.3. The Labute approximate surface area is 187 Å². The number of carbonyl (C=O) groups is 2. The van der Waals surface area contributed by atoms with Gasteiger partial charge in [-0.1, -0.05) is 0 Å². The molecule has 2 aliphatic rings. The first kappa shape index (κ1) is 21.0. The highest BCUT2D eigenvalue weighted by molar-refractivity contribution is 6.07. The van der Waals surface area contributed by atoms with Gasteiger partial charge in [0.15, 0.2) is 17.3 Å². The third-order valence-corrected chi connectivity index (χ3v) is 5.75. The van der Waals surface area contributed by atoms with Crippen molar-refractivity contribution in [2.45, 2.75) is 32.2 Å². The number of aromatic amines is 1. The van der Waals surface area contributed by atoms with Gasteiger partial charge >= 0.3 is 6.03 Å². The summed E-state index contributed by atoms with van der Waals surface area (Å²) in [5, 5.41) is 12.6. The van der Waals surface area contributed by atoms with Crippen molar-refractivity contribution in [2.75, 3.05) is 34.8 Å². The number of pyridine rings is 2. The smallest absolute Gasteiger partial charge is 0.329 e. The van der Waals surface area contributed by atoms with Crippen molar-refractivity contribution in [2.24, 2.45) is 0 Å². The quantitative estimate of drug-likeness (QED) is 0.555. The topological polar surface area (TPSA) is 119 Å². The Hall–Kier alpha value is -3.83. The van der Waals surface area contributed by atoms with Gasteiger partial charge in [-0.2, -0.15) is 5.10 Å². The zero-order valence-electron chi connectivity index (χ0n) is 18.0. The Morgan fingerprint density at radius 1 is 1.24 bits per heavy atom. The predicted octanol–water partition coefficient (Wildman–Crippen LogP) is 2.68. The largest absolute Gasteiger partial charge is 0.366 e. The summed E-state index contributed by atoms with van der Waals surface area (Å²) >= 11 is 0. The van der Waals surface area contributed by atoms with Crippen LogP contribution in [0, 0.1) is 6.92 Å². The number of fused-ring (bicyclic) bond motifs is 5. The van der Waals surface area contributed by atoms with Gasteiger partial charge in [0.1, 0.15) is 5.69 Å². The average Bonchev–Trinajstić information content (AvgIpc) is 3.36. The van der Waals surface area contributed by atoms with Crippen molar-refractivity contribution in [3.63, 3.8) is 0 Å². The number of carbonyl (C=O) groups excluding carboxylic acids is 2. The summed E-state index contributed by atoms with van der Waals surface area (Å²) in [5.41, 5.74) is 2.04. The molecule has 0 radical (unpaired) electrons. The van der Waals surface area contributed by atoms with Gasteiger partial charge in [-0.15, -0.1) is 0 Å². The fourth-order valence-electron chi connectivity index (χ4n) is 4.18. The van der Waals surface area contributed by atoms with Crippen LogP contribution in [0.1, 0.15) is 29.5 Å². The second kappa shape index (κ2) is 7.64. The molecule has 0 unspecified atom stereocenters. The van der Waals surface area contributed by atoms with E-state index in [2.05, 4.69) is 35.7 Å². The number of halogens is 2. The monoisotopic (exact) mass is 456 g/mol. The highest BCUT2D eigenvalue weighted by Gasteiger charge is 2.41. The predicted molar refractivity (Wildman–Crippen MR) is 118 cm³/mol. The molecular formula is C21H22F2N8O2. The van der Waals surface area contributed by atoms with Crippen molar-refractivity contribution in [1.82, 2.24) is 25.5 Å². The zero-order valence-corrected chi connectivity index (χ0v) is 18.0. The van der Waals surface area contributed by atoms with Crippen molar-refractivity contribution in [3.8, 4) is 0 Å². The Balaban J connectivity index is 1.44. The summed E-state index contributed by atoms with van der Waals surface area (Å²) < 4.78 is 26.3. The van der Waals surface area contributed by atoms with E-state index >= 15 is 0 Å². The second-order valence-electron chi connectivity index (χ2n) is 8.40. The number of amides is 3. The van der Waals surface area contributed by atoms with Gasteiger partial charge < -0.3 is 10.2 Å². The van der Waals surface area contributed by atoms with E-state index in [1.165, 1.54) is 11.0 Å². The number of rotatable bonds is 4. The van der Waals surface area contributed by atoms with Crippen LogP contribution in [0.15, 0.2) is 24.3 Å². The van der Waals surface area contributed by atoms with Gasteiger partial charge in [-0.05, 0) is 37.6 Å². The highest BCUT2D eigenvalue weighted by atomic mass is 19.3. The summed E-state index contributed by atoms with van der Waals surface area (Å²) in [4.78, 5) is 38.1. The third kappa shape index (κ3) is 3.92. The summed E-state index contributed by atoms with van der Waals surface area (Å²) in [6.45, 7) is 3.16. The molecule has 10 nitrogen and oxygen atoms in total. The maximum Gasteiger partial charge on any atom is 0.329 e. The molecule has 33 heavy (non-hydrogen) atoms. The first-order valence-corrected chi connectivity index (χ1v) is 10.5. The molecule has 172 valence electrons. The number of alkyl halides is 2. The van der Waals surface area contributed by atoms with Crippen molar-refractivity contribution in [1.29, 1.82) is 0 Å². The number of hydrogen-bond acceptors (Lipinski definition) is 6. The molecule has 1 atom stereocenters. The molecule has 12 heteroatoms. The molecule has 5 rings (SSSR count). The van der Waals surface area contributed by atoms with Crippen LogP contribution >= 0.6 is 0 Å². The summed E-state index contributed by atoms with van der Waals surface area (Å²) in [7, 11) is 0. The molecule has 5 heterocycles. The van der Waals surface area contributed by atoms with Gasteiger partial charge in [0, 0.05) is 25.7 Å². The Morgan fingerprint density at radius 2 is 2.06 bits per heavy atom. The fraction of sp³-hybridized carbons (Fsp3) is 0.381. The van der Waals surface area contributed by atoms with Gasteiger partial charge in [0.05, 0.1) is 23.7 Å². The Bertz CT molecular complexity index is 1250. The molecular weight excluding hydrogens is 434 g/mol. The van der Waals surface area contributed by atoms with Crippen LogP contribution in [0.5, 0.6) is 0 Å². The second-order valence-corrected chi connectivity index (χ2v) is 8.40. The molecule has 2 aliphatic heterocycles. The highest BCUT2D eigenvalue weighted by Crippen LogP contribution is 2.39. The Morgan fingerprint density at radius 3 is 2.85 bits per heavy atom. The lowest BCUT2D eigenvalue weighted by atomic mass is 10.1. The van der Waals surface area contributed by atoms with E-state index in [4.69, 9.17) is 0 Å². The fourth-order valence-corrected chi connectivity index (χ4v) is 4.18. The minimum atomic E-state index is -3.04. The van der Waals surface area contributed by atoms with Gasteiger partial charge in [-0.25, -0.2) is 23.5 Å². The van der Waals surface area contributed by atoms with Gasteiger partial charge in [0.2, 0.25) is 0 Å². The molecule has 3 N–H and O–H groups in total. The van der Waals surface area contributed by atoms with E-state index in [0.717, 1.165) is 25.6 Å². The van der Waals surface area contributed by atoms with E-state index in [0.29, 0.717) is 34.9 Å². The molecule has 1 saturated heterocycles. The van der Waals surface area contributed by atoms with Gasteiger partial charge in [-0.3, -0.25) is 20.1 Å². The number of nitrogens with one attached hydrogen (secondary N) is 3. The first-order valence-electron chi connectivity index (χ1n) is 10.5. The SMILES string of the molecule is Cc1ccc2c(NC(=O)N3c4nc(C(=O)NCC(C)(F)F)ccc4N4CC[C@H]3C4)n[nH]c2n1. The van der Waals surface area contributed by atoms with E-state index in [9.17, 15) is 18.4 Å². The van der Waals surface area contributed by atoms with Crippen LogP contribution in [0.25, 0.3) is 11.0 Å². The van der Waals surface area contributed by atoms with Crippen LogP contribution in [-0.2, 0) is 0 Å². The summed E-state index contributed by atoms with van der Waals surface area (Å²) in [6, 6.07) is 6.23. The minimum Gasteiger partial charge on any atom is -0.366 e. The van der Waals surface area contributed by atoms with E-state index < -0.39 is 24.4 Å². The molecule has 2 bridgehead atoms. The number of hydrogen-bond donors (Lipinski definition) is 3. The summed E-state index contributed by atoms with van der Waals surface area (Å²) in [6.07, 6.45) is 0.732. The van der Waals surface area contributed by atoms with Crippen molar-refractivity contribution in [3.05, 3.63) is 35.7 Å². The molecule has 1 fully saturated rings. The summed E-state index contributed by atoms with van der Waals surface area (Å²) in [5.74, 6) is -3.12. The number of H-pyrrole nitrogens is 1. The van der Waals surface area contributed by atoms with Crippen molar-refractivity contribution >= 4 is 40.3 Å². The van der Waals surface area contributed by atoms with E-state index in [-0.39, 0.29) is 11.7 Å². The molecule has 0 aliphatic carbocycles. The number of anilines is 3. The van der Waals surface area contributed by atoms with Crippen LogP contribution in [0.2, 0.25) is 0 Å². The number of urea groups is 1. The third-order valence-electron chi connectivity index (χ3n) is 5.75. The van der Waals surface area contributed by atoms with Crippen molar-refractivity contribution < 1.29 is 18.4 Å². The lowest BCUT2D eigenvalue weighted by Gasteiger charge is -2.35. The Kier molecular flexibility index (Phi) is 4.87. The van der Waals surface area contributed by atoms with Crippen LogP contribution in [-0.4, -0.2) is 63.7 Å². The molecule has 0 aromatic carbocycles. The number of aromatic nitrogens is 4. The first-order chi connectivity index (χ1) is 15.7. The average molecular weight is 456 g/mol. The molecule has 3 aromatic heterocycles. The normalized spacial score (nSPS) is 17.3. The molecule has 0 saturated carbocycles. The minimum absolute atomic E-state index is 0.0387. The maximum atomic E-state index is 13.3. The van der Waals surface area contributed by atoms with E-state index in [1.807, 2.05) is 19.1 Å². The van der Waals surface area contributed by atoms with Crippen LogP contribution in [0.4, 0.5) is 30.9 Å². The lowest BCUT2D eigenvalue weighted by Crippen LogP contribution is -2.48. The van der Waals surface area contributed by atoms with E-state index in [1.54, 1.807) is 6.07 Å². The number of aryl methyl sites for hydroxylation is 1. The lowest BCUT2D eigenvalue weighted by molar-refractivity contribution is 0.0220. The van der Waals surface area contributed by atoms with Crippen LogP contribution < -0.4 is 20.4 Å². The molecule has 0 spiro atoms. The standard InChI is InChI=1S/C21H22F2N8O2/c1-11-3-4-13-16(25-11)28-29-17(13)27-20(33)31-12-7-8-30(9-12)15-6-5-14(26-18(15)31)19(32)24-10-21(2,22)23/h3-6,12H,7-10H2,1-2H3,(H,24,32)(H2,25,27,28,29,33)/t12-/m0/s1. The number of nitrogens with zero attached hydrogens (tertiary/aromatic N) is 5. The molecule has 3 aromatic rings. The molecule has 3 amide bonds. The zero-order chi connectivity index (χ0) is 23.3. The van der Waals surface area contributed by atoms with Crippen LogP contribution in [0.3, 0.4) is 0 Å². The van der Waals surface area contributed by atoms with Gasteiger partial charge in [0.25, 0.3) is 11.8 Å².